The third-order valence-electron chi connectivity index (χ3n) is 6.92. The van der Waals surface area contributed by atoms with Gasteiger partial charge in [0.1, 0.15) is 31.4 Å². The highest BCUT2D eigenvalue weighted by molar-refractivity contribution is 5.93. The van der Waals surface area contributed by atoms with Crippen LogP contribution in [0, 0.1) is 21.4 Å². The lowest BCUT2D eigenvalue weighted by atomic mass is 10.1. The summed E-state index contributed by atoms with van der Waals surface area (Å²) < 4.78 is 23.2. The molecular weight excluding hydrogens is 590 g/mol. The van der Waals surface area contributed by atoms with E-state index in [1.807, 2.05) is 6.07 Å². The molecule has 0 saturated carbocycles. The lowest BCUT2D eigenvalue weighted by molar-refractivity contribution is -0.384. The van der Waals surface area contributed by atoms with Crippen LogP contribution >= 0.6 is 0 Å². The summed E-state index contributed by atoms with van der Waals surface area (Å²) in [4.78, 5) is 47.7. The molecule has 16 heteroatoms. The summed E-state index contributed by atoms with van der Waals surface area (Å²) in [6.45, 7) is -0.285. The maximum absolute atomic E-state index is 12.4. The first-order valence-electron chi connectivity index (χ1n) is 13.8. The van der Waals surface area contributed by atoms with Gasteiger partial charge in [0.2, 0.25) is 0 Å². The molecule has 1 unspecified atom stereocenters. The Hall–Kier alpha value is -5.66. The Morgan fingerprint density at radius 1 is 1.16 bits per heavy atom. The zero-order chi connectivity index (χ0) is 31.8. The molecule has 1 aliphatic rings. The molecule has 1 saturated heterocycles. The number of aromatic nitrogens is 4. The summed E-state index contributed by atoms with van der Waals surface area (Å²) >= 11 is 0. The minimum Gasteiger partial charge on any atom is -0.449 e. The molecule has 45 heavy (non-hydrogen) atoms. The maximum Gasteiger partial charge on any atom is 0.509 e. The van der Waals surface area contributed by atoms with E-state index in [2.05, 4.69) is 20.3 Å². The highest BCUT2D eigenvalue weighted by Gasteiger charge is 2.37. The van der Waals surface area contributed by atoms with E-state index in [1.165, 1.54) is 24.8 Å². The molecule has 2 aromatic heterocycles. The zero-order valence-electron chi connectivity index (χ0n) is 23.6. The van der Waals surface area contributed by atoms with Crippen molar-refractivity contribution in [3.05, 3.63) is 88.5 Å². The molecule has 3 heterocycles. The Morgan fingerprint density at radius 3 is 2.67 bits per heavy atom. The van der Waals surface area contributed by atoms with E-state index >= 15 is 0 Å². The lowest BCUT2D eigenvalue weighted by Gasteiger charge is -2.18. The van der Waals surface area contributed by atoms with Crippen LogP contribution in [-0.4, -0.2) is 67.2 Å². The number of aliphatic hydroxyl groups is 1. The number of fused-ring (bicyclic) bond motifs is 1. The molecule has 0 spiro atoms. The molecule has 1 fully saturated rings. The van der Waals surface area contributed by atoms with E-state index in [9.17, 15) is 24.8 Å². The molecule has 0 aliphatic carbocycles. The molecule has 4 atom stereocenters. The van der Waals surface area contributed by atoms with E-state index in [4.69, 9.17) is 24.2 Å². The van der Waals surface area contributed by atoms with Gasteiger partial charge in [-0.1, -0.05) is 42.5 Å². The second-order valence-corrected chi connectivity index (χ2v) is 9.85. The molecular formula is C29H27N7O9. The van der Waals surface area contributed by atoms with E-state index in [1.54, 1.807) is 47.0 Å². The average molecular weight is 618 g/mol. The highest BCUT2D eigenvalue weighted by Crippen LogP contribution is 2.32. The first-order valence-corrected chi connectivity index (χ1v) is 13.8. The van der Waals surface area contributed by atoms with Gasteiger partial charge in [0.15, 0.2) is 17.0 Å². The van der Waals surface area contributed by atoms with Gasteiger partial charge in [-0.25, -0.2) is 24.5 Å². The number of nitrogens with zero attached hydrogens (tertiary/aromatic N) is 6. The number of ether oxygens (including phenoxy) is 4. The van der Waals surface area contributed by atoms with Gasteiger partial charge in [0.05, 0.1) is 36.5 Å². The average Bonchev–Trinajstić information content (AvgIpc) is 3.64. The predicted octanol–water partition coefficient (Wildman–Crippen LogP) is 3.98. The molecule has 4 aromatic rings. The Bertz CT molecular complexity index is 1690. The third kappa shape index (κ3) is 7.65. The molecule has 2 aromatic carbocycles. The number of non-ortho nitro benzene ring substituents is 1. The molecule has 232 valence electrons. The van der Waals surface area contributed by atoms with Gasteiger partial charge < -0.3 is 24.1 Å². The van der Waals surface area contributed by atoms with Crippen molar-refractivity contribution in [2.75, 3.05) is 18.5 Å². The fourth-order valence-corrected chi connectivity index (χ4v) is 4.65. The van der Waals surface area contributed by atoms with Crippen LogP contribution in [0.1, 0.15) is 36.3 Å². The molecule has 0 bridgehead atoms. The topological polar surface area (TPSA) is 214 Å². The lowest BCUT2D eigenvalue weighted by Crippen LogP contribution is -2.28. The monoisotopic (exact) mass is 617 g/mol. The molecule has 5 rings (SSSR count). The number of aliphatic hydroxyl groups excluding tert-OH is 1. The van der Waals surface area contributed by atoms with Crippen molar-refractivity contribution >= 4 is 34.9 Å². The minimum absolute atomic E-state index is 0.0162. The van der Waals surface area contributed by atoms with Gasteiger partial charge in [0.25, 0.3) is 5.69 Å². The van der Waals surface area contributed by atoms with Crippen LogP contribution < -0.4 is 5.32 Å². The molecule has 1 amide bonds. The molecule has 0 radical (unpaired) electrons. The normalized spacial score (nSPS) is 18.1. The standard InChI is InChI=1S/C29H27N7O9/c30-12-10-22(19-4-2-1-3-5-19)45-29(39)43-15-23-21(37)14-24(44-23)35-17-33-25-26(31-16-32-27(25)35)34-28(38)42-13-11-18-6-8-20(9-7-18)36(40)41/h1-9,16-17,21-24,37H,10-11,13-15H2,(H,31,32,34,38)/t21-,22?,23+,24+/m0/s1. The van der Waals surface area contributed by atoms with Gasteiger partial charge >= 0.3 is 12.2 Å². The highest BCUT2D eigenvalue weighted by atomic mass is 16.7. The number of nitrogens with one attached hydrogen (secondary N) is 1. The zero-order valence-corrected chi connectivity index (χ0v) is 23.6. The smallest absolute Gasteiger partial charge is 0.449 e. The van der Waals surface area contributed by atoms with Crippen LogP contribution in [0.5, 0.6) is 0 Å². The van der Waals surface area contributed by atoms with Crippen LogP contribution in [0.15, 0.2) is 67.3 Å². The molecule has 2 N–H and O–H groups in total. The fourth-order valence-electron chi connectivity index (χ4n) is 4.65. The number of nitro benzene ring substituents is 1. The molecule has 1 aliphatic heterocycles. The van der Waals surface area contributed by atoms with Crippen molar-refractivity contribution in [3.63, 3.8) is 0 Å². The van der Waals surface area contributed by atoms with E-state index in [-0.39, 0.29) is 43.1 Å². The number of imidazole rings is 1. The van der Waals surface area contributed by atoms with Crippen LogP contribution in [-0.2, 0) is 25.4 Å². The summed E-state index contributed by atoms with van der Waals surface area (Å²) in [5.74, 6) is 0.0885. The first-order chi connectivity index (χ1) is 21.8. The SMILES string of the molecule is N#CCC(OC(=O)OC[C@H]1O[C@@H](n2cnc3c(NC(=O)OCCc4ccc([N+](=O)[O-])cc4)ncnc32)C[C@@H]1O)c1ccccc1. The van der Waals surface area contributed by atoms with Crippen molar-refractivity contribution in [2.45, 2.75) is 43.8 Å². The van der Waals surface area contributed by atoms with Gasteiger partial charge in [-0.15, -0.1) is 0 Å². The Kier molecular flexibility index (Phi) is 9.72. The second kappa shape index (κ2) is 14.2. The van der Waals surface area contributed by atoms with Crippen molar-refractivity contribution in [3.8, 4) is 6.07 Å². The number of rotatable bonds is 11. The Balaban J connectivity index is 1.14. The molecule has 16 nitrogen and oxygen atoms in total. The summed E-state index contributed by atoms with van der Waals surface area (Å²) in [7, 11) is 0. The van der Waals surface area contributed by atoms with Crippen molar-refractivity contribution in [1.82, 2.24) is 19.5 Å². The van der Waals surface area contributed by atoms with Gasteiger partial charge in [-0.2, -0.15) is 5.26 Å². The summed E-state index contributed by atoms with van der Waals surface area (Å²) in [6, 6.07) is 16.7. The number of carbonyl (C=O) groups excluding carboxylic acids is 2. The van der Waals surface area contributed by atoms with Crippen molar-refractivity contribution in [2.24, 2.45) is 0 Å². The number of benzene rings is 2. The van der Waals surface area contributed by atoms with E-state index in [0.29, 0.717) is 17.6 Å². The number of carbonyl (C=O) groups is 2. The minimum atomic E-state index is -1.01. The van der Waals surface area contributed by atoms with E-state index in [0.717, 1.165) is 5.56 Å². The summed E-state index contributed by atoms with van der Waals surface area (Å²) in [5.41, 5.74) is 1.93. The third-order valence-corrected chi connectivity index (χ3v) is 6.92. The van der Waals surface area contributed by atoms with Crippen LogP contribution in [0.2, 0.25) is 0 Å². The largest absolute Gasteiger partial charge is 0.509 e. The van der Waals surface area contributed by atoms with E-state index < -0.39 is 41.7 Å². The van der Waals surface area contributed by atoms with Crippen LogP contribution in [0.3, 0.4) is 0 Å². The number of nitriles is 1. The van der Waals surface area contributed by atoms with Crippen LogP contribution in [0.4, 0.5) is 21.1 Å². The fraction of sp³-hybridized carbons (Fsp3) is 0.310. The van der Waals surface area contributed by atoms with Gasteiger partial charge in [0, 0.05) is 25.0 Å². The first kappa shape index (κ1) is 30.8. The quantitative estimate of drug-likeness (QED) is 0.139. The van der Waals surface area contributed by atoms with Crippen LogP contribution in [0.25, 0.3) is 11.2 Å². The number of nitro groups is 1. The Labute approximate surface area is 255 Å². The van der Waals surface area contributed by atoms with Crippen molar-refractivity contribution < 1.29 is 38.6 Å². The summed E-state index contributed by atoms with van der Waals surface area (Å²) in [5, 5.41) is 33.0. The predicted molar refractivity (Wildman–Crippen MR) is 153 cm³/mol. The number of hydrogen-bond acceptors (Lipinski definition) is 13. The number of hydrogen-bond donors (Lipinski definition) is 2. The maximum atomic E-state index is 12.4. The van der Waals surface area contributed by atoms with Crippen molar-refractivity contribution in [1.29, 1.82) is 5.26 Å². The van der Waals surface area contributed by atoms with Gasteiger partial charge in [-0.05, 0) is 11.1 Å². The number of amides is 1. The second-order valence-electron chi connectivity index (χ2n) is 9.85. The summed E-state index contributed by atoms with van der Waals surface area (Å²) in [6.07, 6.45) is -2.13. The number of anilines is 1. The van der Waals surface area contributed by atoms with Gasteiger partial charge in [-0.3, -0.25) is 20.0 Å². The Morgan fingerprint density at radius 2 is 1.93 bits per heavy atom.